The molecular formula is C28H21BrClIN2O3. The largest absolute Gasteiger partial charge is 0.487 e. The number of aliphatic hydroxyl groups is 1. The molecule has 0 spiro atoms. The van der Waals surface area contributed by atoms with Crippen molar-refractivity contribution in [2.45, 2.75) is 12.2 Å². The zero-order valence-electron chi connectivity index (χ0n) is 18.9. The molecule has 0 bridgehead atoms. The fourth-order valence-electron chi connectivity index (χ4n) is 3.56. The fraction of sp³-hybridized carbons (Fsp3) is 0.0714. The monoisotopic (exact) mass is 674 g/mol. The van der Waals surface area contributed by atoms with Gasteiger partial charge < -0.3 is 9.84 Å². The van der Waals surface area contributed by atoms with Crippen LogP contribution in [0.5, 0.6) is 5.75 Å². The van der Waals surface area contributed by atoms with E-state index in [0.29, 0.717) is 28.5 Å². The summed E-state index contributed by atoms with van der Waals surface area (Å²) in [5.41, 5.74) is 3.24. The summed E-state index contributed by atoms with van der Waals surface area (Å²) in [6.45, 7) is 0.396. The molecule has 4 aromatic carbocycles. The van der Waals surface area contributed by atoms with Crippen molar-refractivity contribution in [3.05, 3.63) is 132 Å². The van der Waals surface area contributed by atoms with E-state index in [4.69, 9.17) is 16.3 Å². The number of carbonyl (C=O) groups is 1. The van der Waals surface area contributed by atoms with Crippen molar-refractivity contribution in [2.24, 2.45) is 5.10 Å². The lowest BCUT2D eigenvalue weighted by Gasteiger charge is -2.27. The second-order valence-corrected chi connectivity index (χ2v) is 10.3. The number of rotatable bonds is 8. The van der Waals surface area contributed by atoms with Crippen molar-refractivity contribution < 1.29 is 14.6 Å². The molecule has 2 N–H and O–H groups in total. The maximum atomic E-state index is 13.2. The number of amides is 1. The van der Waals surface area contributed by atoms with Crippen LogP contribution in [0.3, 0.4) is 0 Å². The van der Waals surface area contributed by atoms with Crippen LogP contribution in [0, 0.1) is 3.57 Å². The van der Waals surface area contributed by atoms with Gasteiger partial charge in [-0.1, -0.05) is 84.4 Å². The van der Waals surface area contributed by atoms with E-state index in [-0.39, 0.29) is 0 Å². The van der Waals surface area contributed by atoms with Crippen LogP contribution in [0.25, 0.3) is 0 Å². The van der Waals surface area contributed by atoms with E-state index in [1.165, 1.54) is 6.21 Å². The maximum absolute atomic E-state index is 13.2. The van der Waals surface area contributed by atoms with Crippen LogP contribution in [-0.2, 0) is 17.0 Å². The number of hydrazone groups is 1. The first kappa shape index (κ1) is 26.3. The van der Waals surface area contributed by atoms with E-state index in [0.717, 1.165) is 19.2 Å². The molecular weight excluding hydrogens is 655 g/mol. The van der Waals surface area contributed by atoms with Gasteiger partial charge in [-0.25, -0.2) is 5.43 Å². The van der Waals surface area contributed by atoms with Gasteiger partial charge in [0.2, 0.25) is 0 Å². The minimum Gasteiger partial charge on any atom is -0.487 e. The Kier molecular flexibility index (Phi) is 8.79. The SMILES string of the molecule is O=C(N/N=C/c1cc(Br)c(OCc2ccc(Cl)cc2)c(I)c1)C(O)(c1ccccc1)c1ccccc1. The summed E-state index contributed by atoms with van der Waals surface area (Å²) in [4.78, 5) is 13.2. The molecule has 36 heavy (non-hydrogen) atoms. The first-order valence-corrected chi connectivity index (χ1v) is 13.2. The first-order chi connectivity index (χ1) is 17.4. The summed E-state index contributed by atoms with van der Waals surface area (Å²) in [6, 6.07) is 28.8. The van der Waals surface area contributed by atoms with E-state index in [1.54, 1.807) is 48.5 Å². The predicted molar refractivity (Wildman–Crippen MR) is 154 cm³/mol. The summed E-state index contributed by atoms with van der Waals surface area (Å²) in [6.07, 6.45) is 1.52. The van der Waals surface area contributed by atoms with Crippen molar-refractivity contribution in [3.63, 3.8) is 0 Å². The van der Waals surface area contributed by atoms with Crippen LogP contribution >= 0.6 is 50.1 Å². The zero-order valence-corrected chi connectivity index (χ0v) is 23.4. The smallest absolute Gasteiger partial charge is 0.281 e. The van der Waals surface area contributed by atoms with Gasteiger partial charge in [-0.15, -0.1) is 0 Å². The Morgan fingerprint density at radius 1 is 1.00 bits per heavy atom. The molecule has 0 atom stereocenters. The van der Waals surface area contributed by atoms with E-state index in [2.05, 4.69) is 49.0 Å². The lowest BCUT2D eigenvalue weighted by Crippen LogP contribution is -2.43. The van der Waals surface area contributed by atoms with Crippen LogP contribution < -0.4 is 10.2 Å². The molecule has 0 saturated carbocycles. The minimum absolute atomic E-state index is 0.396. The number of halogens is 3. The highest BCUT2D eigenvalue weighted by Crippen LogP contribution is 2.33. The Hall–Kier alpha value is -2.72. The molecule has 8 heteroatoms. The molecule has 0 unspecified atom stereocenters. The number of carbonyl (C=O) groups excluding carboxylic acids is 1. The number of ether oxygens (including phenoxy) is 1. The molecule has 0 aliphatic heterocycles. The molecule has 5 nitrogen and oxygen atoms in total. The van der Waals surface area contributed by atoms with Gasteiger partial charge in [0, 0.05) is 5.02 Å². The van der Waals surface area contributed by atoms with Crippen molar-refractivity contribution in [3.8, 4) is 5.75 Å². The molecule has 0 aromatic heterocycles. The highest BCUT2D eigenvalue weighted by Gasteiger charge is 2.39. The summed E-state index contributed by atoms with van der Waals surface area (Å²) >= 11 is 11.7. The van der Waals surface area contributed by atoms with Crippen molar-refractivity contribution in [2.75, 3.05) is 0 Å². The van der Waals surface area contributed by atoms with E-state index in [9.17, 15) is 9.90 Å². The molecule has 0 radical (unpaired) electrons. The number of benzene rings is 4. The average molecular weight is 676 g/mol. The van der Waals surface area contributed by atoms with E-state index in [1.807, 2.05) is 48.5 Å². The Morgan fingerprint density at radius 3 is 2.14 bits per heavy atom. The topological polar surface area (TPSA) is 70.9 Å². The Balaban J connectivity index is 1.49. The normalized spacial score (nSPS) is 11.4. The number of nitrogens with zero attached hydrogens (tertiary/aromatic N) is 1. The maximum Gasteiger partial charge on any atom is 0.281 e. The van der Waals surface area contributed by atoms with Gasteiger partial charge in [0.05, 0.1) is 14.3 Å². The first-order valence-electron chi connectivity index (χ1n) is 10.9. The van der Waals surface area contributed by atoms with E-state index < -0.39 is 11.5 Å². The Morgan fingerprint density at radius 2 is 1.58 bits per heavy atom. The van der Waals surface area contributed by atoms with Gasteiger partial charge in [0.25, 0.3) is 5.91 Å². The molecule has 4 rings (SSSR count). The van der Waals surface area contributed by atoms with E-state index >= 15 is 0 Å². The van der Waals surface area contributed by atoms with Gasteiger partial charge in [0.15, 0.2) is 5.60 Å². The molecule has 182 valence electrons. The van der Waals surface area contributed by atoms with Crippen molar-refractivity contribution in [1.82, 2.24) is 5.43 Å². The summed E-state index contributed by atoms with van der Waals surface area (Å²) in [7, 11) is 0. The Labute approximate surface area is 236 Å². The highest BCUT2D eigenvalue weighted by molar-refractivity contribution is 14.1. The molecule has 0 aliphatic carbocycles. The lowest BCUT2D eigenvalue weighted by molar-refractivity contribution is -0.136. The molecule has 1 amide bonds. The molecule has 0 heterocycles. The number of hydrogen-bond donors (Lipinski definition) is 2. The third-order valence-electron chi connectivity index (χ3n) is 5.41. The van der Waals surface area contributed by atoms with Gasteiger partial charge >= 0.3 is 0 Å². The van der Waals surface area contributed by atoms with Gasteiger partial charge in [-0.2, -0.15) is 5.10 Å². The van der Waals surface area contributed by atoms with Crippen LogP contribution in [0.4, 0.5) is 0 Å². The van der Waals surface area contributed by atoms with Gasteiger partial charge in [-0.3, -0.25) is 4.79 Å². The third-order valence-corrected chi connectivity index (χ3v) is 7.05. The van der Waals surface area contributed by atoms with Crippen LogP contribution in [-0.4, -0.2) is 17.2 Å². The van der Waals surface area contributed by atoms with Crippen molar-refractivity contribution >= 4 is 62.2 Å². The predicted octanol–water partition coefficient (Wildman–Crippen LogP) is 6.67. The van der Waals surface area contributed by atoms with Crippen LogP contribution in [0.15, 0.2) is 107 Å². The van der Waals surface area contributed by atoms with Crippen LogP contribution in [0.2, 0.25) is 5.02 Å². The molecule has 4 aromatic rings. The van der Waals surface area contributed by atoms with Crippen molar-refractivity contribution in [1.29, 1.82) is 0 Å². The number of nitrogens with one attached hydrogen (secondary N) is 1. The van der Waals surface area contributed by atoms with Gasteiger partial charge in [-0.05, 0) is 85.0 Å². The molecule has 0 aliphatic rings. The lowest BCUT2D eigenvalue weighted by atomic mass is 9.85. The minimum atomic E-state index is -1.89. The Bertz CT molecular complexity index is 1300. The second-order valence-electron chi connectivity index (χ2n) is 7.87. The highest BCUT2D eigenvalue weighted by atomic mass is 127. The van der Waals surface area contributed by atoms with Gasteiger partial charge in [0.1, 0.15) is 12.4 Å². The number of hydrogen-bond acceptors (Lipinski definition) is 4. The average Bonchev–Trinajstić information content (AvgIpc) is 2.89. The van der Waals surface area contributed by atoms with Crippen LogP contribution in [0.1, 0.15) is 22.3 Å². The summed E-state index contributed by atoms with van der Waals surface area (Å²) in [5.74, 6) is 0.0436. The fourth-order valence-corrected chi connectivity index (χ4v) is 5.46. The summed E-state index contributed by atoms with van der Waals surface area (Å²) < 4.78 is 7.61. The summed E-state index contributed by atoms with van der Waals surface area (Å²) in [5, 5.41) is 16.3. The quantitative estimate of drug-likeness (QED) is 0.125. The zero-order chi connectivity index (χ0) is 25.5. The molecule has 0 saturated heterocycles. The molecule has 0 fully saturated rings. The standard InChI is InChI=1S/C28H21BrClIN2O3/c29-24-15-20(16-25(31)26(24)36-18-19-11-13-23(30)14-12-19)17-32-33-27(34)28(35,21-7-3-1-4-8-21)22-9-5-2-6-10-22/h1-17,35H,18H2,(H,33,34)/b32-17+. The third kappa shape index (κ3) is 6.15. The second kappa shape index (κ2) is 12.0.